The smallest absolute Gasteiger partial charge is 0.120 e. The van der Waals surface area contributed by atoms with Crippen molar-refractivity contribution in [2.45, 2.75) is 37.9 Å². The van der Waals surface area contributed by atoms with Crippen molar-refractivity contribution < 1.29 is 9.47 Å². The third-order valence-electron chi connectivity index (χ3n) is 3.74. The van der Waals surface area contributed by atoms with Crippen LogP contribution in [0, 0.1) is 0 Å². The Bertz CT molecular complexity index is 520. The number of H-pyrrole nitrogens is 1. The summed E-state index contributed by atoms with van der Waals surface area (Å²) in [6.07, 6.45) is 7.09. The third kappa shape index (κ3) is 2.36. The molecule has 0 spiro atoms. The average Bonchev–Trinajstić information content (AvgIpc) is 2.86. The molecule has 2 aromatic rings. The Hall–Kier alpha value is -1.48. The highest BCUT2D eigenvalue weighted by Gasteiger charge is 2.23. The second-order valence-electron chi connectivity index (χ2n) is 4.99. The number of nitrogens with one attached hydrogen (secondary N) is 1. The standard InChI is InChI=1S/C15H19NO2/c1-17-12-3-2-4-13(10-12)18-14-5-6-15-11(9-14)7-8-16-15/h5-9,12-13,16H,2-4,10H2,1H3. The van der Waals surface area contributed by atoms with Crippen LogP contribution in [0.4, 0.5) is 0 Å². The molecule has 1 fully saturated rings. The number of fused-ring (bicyclic) bond motifs is 1. The number of hydrogen-bond donors (Lipinski definition) is 1. The average molecular weight is 245 g/mol. The van der Waals surface area contributed by atoms with Gasteiger partial charge in [-0.15, -0.1) is 0 Å². The normalized spacial score (nSPS) is 24.3. The lowest BCUT2D eigenvalue weighted by atomic mass is 9.95. The maximum absolute atomic E-state index is 6.07. The van der Waals surface area contributed by atoms with Crippen LogP contribution >= 0.6 is 0 Å². The zero-order valence-corrected chi connectivity index (χ0v) is 10.7. The van der Waals surface area contributed by atoms with Crippen molar-refractivity contribution in [1.29, 1.82) is 0 Å². The summed E-state index contributed by atoms with van der Waals surface area (Å²) in [6.45, 7) is 0. The Balaban J connectivity index is 1.71. The van der Waals surface area contributed by atoms with Crippen molar-refractivity contribution in [3.05, 3.63) is 30.5 Å². The van der Waals surface area contributed by atoms with Crippen LogP contribution in [0.1, 0.15) is 25.7 Å². The first-order chi connectivity index (χ1) is 8.85. The minimum absolute atomic E-state index is 0.292. The largest absolute Gasteiger partial charge is 0.490 e. The summed E-state index contributed by atoms with van der Waals surface area (Å²) in [5.41, 5.74) is 1.15. The molecule has 18 heavy (non-hydrogen) atoms. The molecule has 96 valence electrons. The van der Waals surface area contributed by atoms with Gasteiger partial charge in [-0.2, -0.15) is 0 Å². The molecule has 3 nitrogen and oxygen atoms in total. The summed E-state index contributed by atoms with van der Waals surface area (Å²) in [4.78, 5) is 3.19. The second kappa shape index (κ2) is 5.02. The Morgan fingerprint density at radius 1 is 1.17 bits per heavy atom. The lowest BCUT2D eigenvalue weighted by molar-refractivity contribution is 0.0210. The SMILES string of the molecule is COC1CCCC(Oc2ccc3[nH]ccc3c2)C1. The Morgan fingerprint density at radius 3 is 2.94 bits per heavy atom. The van der Waals surface area contributed by atoms with Crippen LogP contribution in [0.25, 0.3) is 10.9 Å². The van der Waals surface area contributed by atoms with E-state index in [0.717, 1.165) is 30.5 Å². The van der Waals surface area contributed by atoms with E-state index >= 15 is 0 Å². The fourth-order valence-electron chi connectivity index (χ4n) is 2.72. The number of methoxy groups -OCH3 is 1. The highest BCUT2D eigenvalue weighted by molar-refractivity contribution is 5.80. The molecule has 0 saturated heterocycles. The van der Waals surface area contributed by atoms with Gasteiger partial charge in [0.05, 0.1) is 6.10 Å². The van der Waals surface area contributed by atoms with Gasteiger partial charge in [0.2, 0.25) is 0 Å². The van der Waals surface area contributed by atoms with Gasteiger partial charge in [-0.05, 0) is 43.5 Å². The zero-order valence-electron chi connectivity index (χ0n) is 10.7. The van der Waals surface area contributed by atoms with E-state index < -0.39 is 0 Å². The van der Waals surface area contributed by atoms with Gasteiger partial charge in [0.25, 0.3) is 0 Å². The molecule has 1 aliphatic rings. The number of aromatic amines is 1. The molecule has 1 heterocycles. The molecule has 0 bridgehead atoms. The van der Waals surface area contributed by atoms with Crippen molar-refractivity contribution in [2.75, 3.05) is 7.11 Å². The molecule has 0 aliphatic heterocycles. The quantitative estimate of drug-likeness (QED) is 0.898. The maximum atomic E-state index is 6.07. The van der Waals surface area contributed by atoms with Crippen molar-refractivity contribution in [2.24, 2.45) is 0 Å². The van der Waals surface area contributed by atoms with Crippen LogP contribution in [0.2, 0.25) is 0 Å². The number of ether oxygens (including phenoxy) is 2. The van der Waals surface area contributed by atoms with Crippen LogP contribution in [0.15, 0.2) is 30.5 Å². The highest BCUT2D eigenvalue weighted by atomic mass is 16.5. The van der Waals surface area contributed by atoms with Crippen molar-refractivity contribution in [3.63, 3.8) is 0 Å². The van der Waals surface area contributed by atoms with Crippen molar-refractivity contribution in [3.8, 4) is 5.75 Å². The van der Waals surface area contributed by atoms with Gasteiger partial charge < -0.3 is 14.5 Å². The first-order valence-corrected chi connectivity index (χ1v) is 6.62. The predicted octanol–water partition coefficient (Wildman–Crippen LogP) is 3.50. The van der Waals surface area contributed by atoms with Gasteiger partial charge in [-0.25, -0.2) is 0 Å². The van der Waals surface area contributed by atoms with E-state index in [1.807, 2.05) is 12.3 Å². The number of hydrogen-bond acceptors (Lipinski definition) is 2. The second-order valence-corrected chi connectivity index (χ2v) is 4.99. The number of aromatic nitrogens is 1. The molecule has 0 amide bonds. The summed E-state index contributed by atoms with van der Waals surface area (Å²) in [6, 6.07) is 8.28. The molecular formula is C15H19NO2. The molecule has 1 aromatic heterocycles. The van der Waals surface area contributed by atoms with Crippen LogP contribution in [-0.4, -0.2) is 24.3 Å². The summed E-state index contributed by atoms with van der Waals surface area (Å²) >= 11 is 0. The van der Waals surface area contributed by atoms with Crippen molar-refractivity contribution >= 4 is 10.9 Å². The van der Waals surface area contributed by atoms with Gasteiger partial charge in [-0.1, -0.05) is 0 Å². The fraction of sp³-hybridized carbons (Fsp3) is 0.467. The summed E-state index contributed by atoms with van der Waals surface area (Å²) < 4.78 is 11.5. The minimum Gasteiger partial charge on any atom is -0.490 e. The fourth-order valence-corrected chi connectivity index (χ4v) is 2.72. The molecule has 3 heteroatoms. The predicted molar refractivity (Wildman–Crippen MR) is 72.0 cm³/mol. The molecule has 1 aliphatic carbocycles. The number of rotatable bonds is 3. The third-order valence-corrected chi connectivity index (χ3v) is 3.74. The van der Waals surface area contributed by atoms with E-state index in [9.17, 15) is 0 Å². The topological polar surface area (TPSA) is 34.2 Å². The summed E-state index contributed by atoms with van der Waals surface area (Å²) in [7, 11) is 1.79. The molecule has 1 saturated carbocycles. The lowest BCUT2D eigenvalue weighted by Gasteiger charge is -2.28. The lowest BCUT2D eigenvalue weighted by Crippen LogP contribution is -2.29. The van der Waals surface area contributed by atoms with E-state index in [4.69, 9.17) is 9.47 Å². The Labute approximate surface area is 107 Å². The molecular weight excluding hydrogens is 226 g/mol. The summed E-state index contributed by atoms with van der Waals surface area (Å²) in [5, 5.41) is 1.20. The Morgan fingerprint density at radius 2 is 2.06 bits per heavy atom. The summed E-state index contributed by atoms with van der Waals surface area (Å²) in [5.74, 6) is 0.962. The maximum Gasteiger partial charge on any atom is 0.120 e. The van der Waals surface area contributed by atoms with Gasteiger partial charge in [-0.3, -0.25) is 0 Å². The first kappa shape index (κ1) is 11.6. The zero-order chi connectivity index (χ0) is 12.4. The van der Waals surface area contributed by atoms with E-state index in [0.29, 0.717) is 12.2 Å². The molecule has 3 rings (SSSR count). The van der Waals surface area contributed by atoms with Crippen molar-refractivity contribution in [1.82, 2.24) is 4.98 Å². The van der Waals surface area contributed by atoms with Crippen LogP contribution < -0.4 is 4.74 Å². The molecule has 0 radical (unpaired) electrons. The molecule has 1 N–H and O–H groups in total. The van der Waals surface area contributed by atoms with Crippen LogP contribution in [0.3, 0.4) is 0 Å². The van der Waals surface area contributed by atoms with E-state index in [1.54, 1.807) is 7.11 Å². The van der Waals surface area contributed by atoms with Crippen LogP contribution in [-0.2, 0) is 4.74 Å². The van der Waals surface area contributed by atoms with Gasteiger partial charge in [0.15, 0.2) is 0 Å². The molecule has 1 aromatic carbocycles. The monoisotopic (exact) mass is 245 g/mol. The molecule has 2 atom stereocenters. The van der Waals surface area contributed by atoms with Gasteiger partial charge >= 0.3 is 0 Å². The number of benzene rings is 1. The molecule has 2 unspecified atom stereocenters. The highest BCUT2D eigenvalue weighted by Crippen LogP contribution is 2.27. The van der Waals surface area contributed by atoms with Crippen LogP contribution in [0.5, 0.6) is 5.75 Å². The van der Waals surface area contributed by atoms with E-state index in [2.05, 4.69) is 23.2 Å². The van der Waals surface area contributed by atoms with Gasteiger partial charge in [0.1, 0.15) is 11.9 Å². The first-order valence-electron chi connectivity index (χ1n) is 6.62. The van der Waals surface area contributed by atoms with E-state index in [-0.39, 0.29) is 0 Å². The van der Waals surface area contributed by atoms with Gasteiger partial charge in [0, 0.05) is 30.6 Å². The van der Waals surface area contributed by atoms with E-state index in [1.165, 1.54) is 11.8 Å². The Kier molecular flexibility index (Phi) is 3.24. The minimum atomic E-state index is 0.292.